The number of guanidine groups is 1. The lowest BCUT2D eigenvalue weighted by Crippen LogP contribution is -2.38. The van der Waals surface area contributed by atoms with E-state index in [9.17, 15) is 9.18 Å². The second-order valence-corrected chi connectivity index (χ2v) is 7.47. The van der Waals surface area contributed by atoms with Crippen LogP contribution in [0, 0.1) is 5.82 Å². The van der Waals surface area contributed by atoms with Crippen molar-refractivity contribution in [3.8, 4) is 0 Å². The maximum Gasteiger partial charge on any atom is 0.253 e. The van der Waals surface area contributed by atoms with Crippen LogP contribution in [0.5, 0.6) is 0 Å². The van der Waals surface area contributed by atoms with Crippen LogP contribution in [0.3, 0.4) is 0 Å². The average molecular weight is 577 g/mol. The summed E-state index contributed by atoms with van der Waals surface area (Å²) in [5.74, 6) is 0.374. The Bertz CT molecular complexity index is 825. The third kappa shape index (κ3) is 8.69. The second kappa shape index (κ2) is 12.8. The van der Waals surface area contributed by atoms with E-state index in [1.54, 1.807) is 19.0 Å². The average Bonchev–Trinajstić information content (AvgIpc) is 2.65. The van der Waals surface area contributed by atoms with Gasteiger partial charge in [-0.15, -0.1) is 24.0 Å². The van der Waals surface area contributed by atoms with Crippen molar-refractivity contribution in [3.63, 3.8) is 0 Å². The number of hydrogen-bond acceptors (Lipinski definition) is 2. The van der Waals surface area contributed by atoms with Gasteiger partial charge >= 0.3 is 0 Å². The van der Waals surface area contributed by atoms with Gasteiger partial charge in [0.05, 0.1) is 6.54 Å². The van der Waals surface area contributed by atoms with Gasteiger partial charge < -0.3 is 15.5 Å². The first-order valence-electron chi connectivity index (χ1n) is 9.16. The standard InChI is InChI=1S/C21H26BrFN4O.HI/c1-4-24-21(26-14-16-11-18(22)13-19(23)12-16)25-9-8-15-6-5-7-17(10-15)20(28)27(2)3;/h5-7,10-13H,4,8-9,14H2,1-3H3,(H2,24,25,26);1H. The Morgan fingerprint density at radius 2 is 1.90 bits per heavy atom. The van der Waals surface area contributed by atoms with E-state index in [0.29, 0.717) is 29.1 Å². The van der Waals surface area contributed by atoms with Gasteiger partial charge in [-0.05, 0) is 54.8 Å². The monoisotopic (exact) mass is 576 g/mol. The van der Waals surface area contributed by atoms with Crippen LogP contribution in [0.4, 0.5) is 4.39 Å². The first kappa shape index (κ1) is 25.4. The van der Waals surface area contributed by atoms with E-state index in [4.69, 9.17) is 0 Å². The lowest BCUT2D eigenvalue weighted by molar-refractivity contribution is 0.0827. The zero-order valence-electron chi connectivity index (χ0n) is 16.8. The number of nitrogens with zero attached hydrogens (tertiary/aromatic N) is 2. The maximum atomic E-state index is 13.5. The summed E-state index contributed by atoms with van der Waals surface area (Å²) in [6.45, 7) is 3.76. The van der Waals surface area contributed by atoms with E-state index in [1.807, 2.05) is 37.3 Å². The largest absolute Gasteiger partial charge is 0.357 e. The van der Waals surface area contributed by atoms with Gasteiger partial charge in [-0.25, -0.2) is 9.38 Å². The van der Waals surface area contributed by atoms with Crippen LogP contribution in [-0.2, 0) is 13.0 Å². The molecule has 0 spiro atoms. The molecule has 2 aromatic rings. The fraction of sp³-hybridized carbons (Fsp3) is 0.333. The predicted octanol–water partition coefficient (Wildman–Crippen LogP) is 4.21. The van der Waals surface area contributed by atoms with Crippen LogP contribution in [0.15, 0.2) is 51.9 Å². The third-order valence-electron chi connectivity index (χ3n) is 3.97. The Kier molecular flexibility index (Phi) is 11.2. The van der Waals surface area contributed by atoms with Crippen LogP contribution in [0.1, 0.15) is 28.4 Å². The van der Waals surface area contributed by atoms with E-state index < -0.39 is 0 Å². The molecular formula is C21H27BrFIN4O. The Morgan fingerprint density at radius 1 is 1.14 bits per heavy atom. The molecule has 8 heteroatoms. The molecule has 0 saturated heterocycles. The van der Waals surface area contributed by atoms with Gasteiger partial charge in [0, 0.05) is 37.2 Å². The molecule has 1 amide bonds. The summed E-state index contributed by atoms with van der Waals surface area (Å²) in [4.78, 5) is 18.2. The van der Waals surface area contributed by atoms with E-state index in [0.717, 1.165) is 24.1 Å². The molecule has 0 unspecified atom stereocenters. The molecular weight excluding hydrogens is 550 g/mol. The van der Waals surface area contributed by atoms with Crippen molar-refractivity contribution in [3.05, 3.63) is 69.4 Å². The summed E-state index contributed by atoms with van der Waals surface area (Å²) in [6.07, 6.45) is 0.754. The number of carbonyl (C=O) groups is 1. The van der Waals surface area contributed by atoms with E-state index in [1.165, 1.54) is 12.1 Å². The number of benzene rings is 2. The number of rotatable bonds is 7. The minimum atomic E-state index is -0.287. The minimum absolute atomic E-state index is 0. The molecule has 2 rings (SSSR count). The molecule has 0 heterocycles. The Morgan fingerprint density at radius 3 is 2.55 bits per heavy atom. The molecule has 0 aromatic heterocycles. The van der Waals surface area contributed by atoms with Crippen LogP contribution < -0.4 is 10.6 Å². The highest BCUT2D eigenvalue weighted by atomic mass is 127. The third-order valence-corrected chi connectivity index (χ3v) is 4.43. The first-order chi connectivity index (χ1) is 13.4. The molecule has 0 aliphatic heterocycles. The van der Waals surface area contributed by atoms with Crippen molar-refractivity contribution < 1.29 is 9.18 Å². The molecule has 158 valence electrons. The summed E-state index contributed by atoms with van der Waals surface area (Å²) in [7, 11) is 3.49. The summed E-state index contributed by atoms with van der Waals surface area (Å²) < 4.78 is 14.2. The molecule has 5 nitrogen and oxygen atoms in total. The number of amides is 1. The van der Waals surface area contributed by atoms with E-state index in [-0.39, 0.29) is 35.7 Å². The second-order valence-electron chi connectivity index (χ2n) is 6.55. The molecule has 0 aliphatic rings. The van der Waals surface area contributed by atoms with Crippen LogP contribution in [-0.4, -0.2) is 44.0 Å². The number of carbonyl (C=O) groups excluding carboxylic acids is 1. The minimum Gasteiger partial charge on any atom is -0.357 e. The normalized spacial score (nSPS) is 10.9. The van der Waals surface area contributed by atoms with Crippen LogP contribution >= 0.6 is 39.9 Å². The van der Waals surface area contributed by atoms with Gasteiger partial charge in [0.1, 0.15) is 5.82 Å². The molecule has 2 aromatic carbocycles. The molecule has 2 N–H and O–H groups in total. The fourth-order valence-electron chi connectivity index (χ4n) is 2.66. The number of hydrogen-bond donors (Lipinski definition) is 2. The Balaban J connectivity index is 0.00000420. The summed E-state index contributed by atoms with van der Waals surface area (Å²) in [5.41, 5.74) is 2.55. The topological polar surface area (TPSA) is 56.7 Å². The van der Waals surface area contributed by atoms with E-state index >= 15 is 0 Å². The molecule has 29 heavy (non-hydrogen) atoms. The van der Waals surface area contributed by atoms with E-state index in [2.05, 4.69) is 31.6 Å². The summed E-state index contributed by atoms with van der Waals surface area (Å²) >= 11 is 3.30. The van der Waals surface area contributed by atoms with Crippen molar-refractivity contribution in [1.29, 1.82) is 0 Å². The van der Waals surface area contributed by atoms with Crippen molar-refractivity contribution in [2.45, 2.75) is 19.9 Å². The van der Waals surface area contributed by atoms with Gasteiger partial charge in [-0.1, -0.05) is 28.1 Å². The van der Waals surface area contributed by atoms with Gasteiger partial charge in [-0.3, -0.25) is 4.79 Å². The molecule has 0 atom stereocenters. The Hall–Kier alpha value is -1.68. The van der Waals surface area contributed by atoms with Gasteiger partial charge in [0.15, 0.2) is 5.96 Å². The maximum absolute atomic E-state index is 13.5. The summed E-state index contributed by atoms with van der Waals surface area (Å²) in [6, 6.07) is 12.4. The lowest BCUT2D eigenvalue weighted by atomic mass is 10.1. The fourth-order valence-corrected chi connectivity index (χ4v) is 3.17. The van der Waals surface area contributed by atoms with Crippen molar-refractivity contribution in [2.75, 3.05) is 27.2 Å². The highest BCUT2D eigenvalue weighted by Crippen LogP contribution is 2.15. The zero-order chi connectivity index (χ0) is 20.5. The van der Waals surface area contributed by atoms with Crippen molar-refractivity contribution in [2.24, 2.45) is 4.99 Å². The molecule has 0 saturated carbocycles. The lowest BCUT2D eigenvalue weighted by Gasteiger charge is -2.13. The highest BCUT2D eigenvalue weighted by Gasteiger charge is 2.08. The number of nitrogens with one attached hydrogen (secondary N) is 2. The van der Waals surface area contributed by atoms with Crippen molar-refractivity contribution in [1.82, 2.24) is 15.5 Å². The van der Waals surface area contributed by atoms with Crippen LogP contribution in [0.2, 0.25) is 0 Å². The molecule has 0 fully saturated rings. The predicted molar refractivity (Wildman–Crippen MR) is 130 cm³/mol. The first-order valence-corrected chi connectivity index (χ1v) is 9.96. The van der Waals surface area contributed by atoms with Gasteiger partial charge in [0.25, 0.3) is 5.91 Å². The van der Waals surface area contributed by atoms with Gasteiger partial charge in [0.2, 0.25) is 0 Å². The number of aliphatic imine (C=N–C) groups is 1. The number of halogens is 3. The SMILES string of the molecule is CCNC(=NCc1cc(F)cc(Br)c1)NCCc1cccc(C(=O)N(C)C)c1.I. The molecule has 0 radical (unpaired) electrons. The Labute approximate surface area is 197 Å². The van der Waals surface area contributed by atoms with Crippen LogP contribution in [0.25, 0.3) is 0 Å². The summed E-state index contributed by atoms with van der Waals surface area (Å²) in [5, 5.41) is 6.46. The van der Waals surface area contributed by atoms with Gasteiger partial charge in [-0.2, -0.15) is 0 Å². The highest BCUT2D eigenvalue weighted by molar-refractivity contribution is 14.0. The smallest absolute Gasteiger partial charge is 0.253 e. The molecule has 0 bridgehead atoms. The quantitative estimate of drug-likeness (QED) is 0.295. The zero-order valence-corrected chi connectivity index (χ0v) is 20.8. The molecule has 0 aliphatic carbocycles. The van der Waals surface area contributed by atoms with Crippen molar-refractivity contribution >= 4 is 51.8 Å².